The molecule has 0 fully saturated rings. The number of thiophene rings is 1. The van der Waals surface area contributed by atoms with Crippen LogP contribution in [0.15, 0.2) is 19.4 Å². The summed E-state index contributed by atoms with van der Waals surface area (Å²) >= 11 is 10.6. The third-order valence-corrected chi connectivity index (χ3v) is 4.21. The van der Waals surface area contributed by atoms with E-state index in [4.69, 9.17) is 0 Å². The Morgan fingerprint density at radius 2 is 2.42 bits per heavy atom. The summed E-state index contributed by atoms with van der Waals surface area (Å²) in [5.74, 6) is 0. The lowest BCUT2D eigenvalue weighted by molar-refractivity contribution is 1.14. The molecule has 1 aromatic heterocycles. The van der Waals surface area contributed by atoms with E-state index in [9.17, 15) is 0 Å². The van der Waals surface area contributed by atoms with Gasteiger partial charge in [0, 0.05) is 34.8 Å². The van der Waals surface area contributed by atoms with Crippen LogP contribution in [0.2, 0.25) is 0 Å². The van der Waals surface area contributed by atoms with Crippen molar-refractivity contribution in [3.8, 4) is 0 Å². The van der Waals surface area contributed by atoms with Crippen LogP contribution in [0.1, 0.15) is 4.88 Å². The number of nitrogens with one attached hydrogen (secondary N) is 1. The van der Waals surface area contributed by atoms with Crippen molar-refractivity contribution in [2.45, 2.75) is 0 Å². The zero-order valence-electron chi connectivity index (χ0n) is 5.55. The summed E-state index contributed by atoms with van der Waals surface area (Å²) in [7, 11) is 1.43. The fraction of sp³-hybridized carbons (Fsp3) is 0. The highest BCUT2D eigenvalue weighted by Gasteiger charge is 2.01. The molecular weight excluding hydrogens is 439 g/mol. The van der Waals surface area contributed by atoms with Gasteiger partial charge in [-0.05, 0) is 37.9 Å². The molecule has 1 aromatic rings. The van der Waals surface area contributed by atoms with E-state index in [1.807, 2.05) is 6.07 Å². The molecule has 0 atom stereocenters. The molecule has 0 spiro atoms. The molecule has 1 rings (SSSR count). The summed E-state index contributed by atoms with van der Waals surface area (Å²) in [6, 6.07) is 2.00. The minimum Gasteiger partial charge on any atom is -0.242 e. The first-order valence-electron chi connectivity index (χ1n) is 2.74. The molecule has 0 amide bonds. The second-order valence-electron chi connectivity index (χ2n) is 1.69. The van der Waals surface area contributed by atoms with E-state index in [1.54, 1.807) is 17.6 Å². The smallest absolute Gasteiger partial charge is 0.0717 e. The van der Waals surface area contributed by atoms with Crippen molar-refractivity contribution in [3.05, 3.63) is 19.2 Å². The molecule has 1 heterocycles. The monoisotopic (exact) mass is 440 g/mol. The molecule has 0 saturated heterocycles. The maximum absolute atomic E-state index is 3.97. The summed E-state index contributed by atoms with van der Waals surface area (Å²) < 4.78 is 2.15. The van der Waals surface area contributed by atoms with E-state index in [0.29, 0.717) is 0 Å². The standard InChI is InChI=1S/C5H3Br2IN2S2/c6-3-1-5(7)11-4(3)2-9-10-12-8/h1-2,10H/b9-2+. The first-order chi connectivity index (χ1) is 5.74. The van der Waals surface area contributed by atoms with Crippen LogP contribution in [0.4, 0.5) is 0 Å². The van der Waals surface area contributed by atoms with Gasteiger partial charge in [-0.3, -0.25) is 0 Å². The number of nitrogens with zero attached hydrogens (tertiary/aromatic N) is 1. The van der Waals surface area contributed by atoms with E-state index < -0.39 is 0 Å². The topological polar surface area (TPSA) is 24.4 Å². The van der Waals surface area contributed by atoms with Gasteiger partial charge in [0.15, 0.2) is 0 Å². The molecule has 12 heavy (non-hydrogen) atoms. The molecule has 0 aliphatic carbocycles. The van der Waals surface area contributed by atoms with Crippen LogP contribution in [-0.2, 0) is 0 Å². The Hall–Kier alpha value is 1.21. The highest BCUT2D eigenvalue weighted by Crippen LogP contribution is 2.29. The molecule has 0 radical (unpaired) electrons. The maximum atomic E-state index is 3.97. The van der Waals surface area contributed by atoms with Gasteiger partial charge < -0.3 is 0 Å². The molecule has 66 valence electrons. The fourth-order valence-corrected chi connectivity index (χ4v) is 3.41. The van der Waals surface area contributed by atoms with Crippen molar-refractivity contribution in [1.29, 1.82) is 0 Å². The Morgan fingerprint density at radius 3 is 2.92 bits per heavy atom. The molecule has 2 nitrogen and oxygen atoms in total. The Kier molecular flexibility index (Phi) is 5.49. The van der Waals surface area contributed by atoms with Crippen molar-refractivity contribution in [2.24, 2.45) is 5.10 Å². The number of hydrogen-bond donors (Lipinski definition) is 1. The van der Waals surface area contributed by atoms with Crippen LogP contribution in [-0.4, -0.2) is 6.21 Å². The van der Waals surface area contributed by atoms with Crippen LogP contribution < -0.4 is 4.83 Å². The molecule has 1 N–H and O–H groups in total. The number of halogens is 3. The lowest BCUT2D eigenvalue weighted by atomic mass is 10.5. The van der Waals surface area contributed by atoms with E-state index in [2.05, 4.69) is 63.0 Å². The molecule has 0 saturated carbocycles. The van der Waals surface area contributed by atoms with Gasteiger partial charge in [0.25, 0.3) is 0 Å². The zero-order chi connectivity index (χ0) is 8.97. The SMILES string of the molecule is Brc1cc(Br)c(/C=N/NSI)s1. The van der Waals surface area contributed by atoms with E-state index >= 15 is 0 Å². The van der Waals surface area contributed by atoms with Gasteiger partial charge in [0.2, 0.25) is 0 Å². The van der Waals surface area contributed by atoms with Crippen molar-refractivity contribution in [1.82, 2.24) is 4.83 Å². The van der Waals surface area contributed by atoms with Crippen molar-refractivity contribution in [2.75, 3.05) is 0 Å². The predicted octanol–water partition coefficient (Wildman–Crippen LogP) is 4.19. The molecule has 0 bridgehead atoms. The van der Waals surface area contributed by atoms with Gasteiger partial charge in [-0.2, -0.15) is 5.10 Å². The lowest BCUT2D eigenvalue weighted by Gasteiger charge is -1.88. The fourth-order valence-electron chi connectivity index (χ4n) is 0.547. The summed E-state index contributed by atoms with van der Waals surface area (Å²) in [4.78, 5) is 3.87. The van der Waals surface area contributed by atoms with Crippen molar-refractivity contribution < 1.29 is 0 Å². The summed E-state index contributed by atoms with van der Waals surface area (Å²) in [6.45, 7) is 0. The van der Waals surface area contributed by atoms with Crippen LogP contribution >= 0.6 is 73.5 Å². The Balaban J connectivity index is 2.68. The van der Waals surface area contributed by atoms with Crippen LogP contribution in [0.5, 0.6) is 0 Å². The highest BCUT2D eigenvalue weighted by atomic mass is 127. The molecule has 0 aliphatic rings. The van der Waals surface area contributed by atoms with E-state index in [1.165, 1.54) is 9.12 Å². The Morgan fingerprint density at radius 1 is 1.67 bits per heavy atom. The normalized spacial score (nSPS) is 10.9. The summed E-state index contributed by atoms with van der Waals surface area (Å²) in [6.07, 6.45) is 1.78. The van der Waals surface area contributed by atoms with Gasteiger partial charge in [0.1, 0.15) is 0 Å². The number of hydrazone groups is 1. The van der Waals surface area contributed by atoms with Crippen LogP contribution in [0, 0.1) is 0 Å². The van der Waals surface area contributed by atoms with Gasteiger partial charge >= 0.3 is 0 Å². The first-order valence-corrected chi connectivity index (χ1v) is 8.50. The highest BCUT2D eigenvalue weighted by molar-refractivity contribution is 14.2. The maximum Gasteiger partial charge on any atom is 0.0717 e. The number of rotatable bonds is 3. The predicted molar refractivity (Wildman–Crippen MR) is 72.1 cm³/mol. The van der Waals surface area contributed by atoms with Crippen molar-refractivity contribution >= 4 is 79.7 Å². The summed E-state index contributed by atoms with van der Waals surface area (Å²) in [5.41, 5.74) is 0. The zero-order valence-corrected chi connectivity index (χ0v) is 12.5. The summed E-state index contributed by atoms with van der Waals surface area (Å²) in [5, 5.41) is 3.97. The largest absolute Gasteiger partial charge is 0.242 e. The van der Waals surface area contributed by atoms with Gasteiger partial charge in [-0.1, -0.05) is 0 Å². The molecule has 0 aromatic carbocycles. The van der Waals surface area contributed by atoms with E-state index in [-0.39, 0.29) is 0 Å². The second kappa shape index (κ2) is 5.84. The quantitative estimate of drug-likeness (QED) is 0.329. The third-order valence-electron chi connectivity index (χ3n) is 0.952. The first kappa shape index (κ1) is 11.3. The minimum atomic E-state index is 1.06. The van der Waals surface area contributed by atoms with Crippen LogP contribution in [0.3, 0.4) is 0 Å². The lowest BCUT2D eigenvalue weighted by Crippen LogP contribution is -1.87. The van der Waals surface area contributed by atoms with Crippen LogP contribution in [0.25, 0.3) is 0 Å². The van der Waals surface area contributed by atoms with E-state index in [0.717, 1.165) is 13.1 Å². The average molecular weight is 442 g/mol. The Bertz CT molecular complexity index is 289. The molecular formula is C5H3Br2IN2S2. The molecule has 7 heteroatoms. The molecule has 0 unspecified atom stereocenters. The second-order valence-corrected chi connectivity index (χ2v) is 6.66. The van der Waals surface area contributed by atoms with Gasteiger partial charge in [-0.25, -0.2) is 4.83 Å². The third kappa shape index (κ3) is 3.52. The molecule has 0 aliphatic heterocycles. The van der Waals surface area contributed by atoms with Crippen molar-refractivity contribution in [3.63, 3.8) is 0 Å². The average Bonchev–Trinajstić information content (AvgIpc) is 2.31. The van der Waals surface area contributed by atoms with Gasteiger partial charge in [-0.15, -0.1) is 11.3 Å². The minimum absolute atomic E-state index is 1.06. The van der Waals surface area contributed by atoms with Gasteiger partial charge in [0.05, 0.1) is 14.9 Å². The number of hydrogen-bond acceptors (Lipinski definition) is 4. The Labute approximate surface area is 108 Å².